The Morgan fingerprint density at radius 1 is 1.23 bits per heavy atom. The first kappa shape index (κ1) is 28.6. The van der Waals surface area contributed by atoms with Gasteiger partial charge in [0, 0.05) is 18.2 Å². The number of hydrogen-bond acceptors (Lipinski definition) is 6. The number of primary amides is 1. The standard InChI is InChI=1S/C25H34N4O4.ClH.H3N/c1-15-7-5-9-19-17(3)29(27-24(15)19)13-23(31)28-12-11-21(33-14-22(26)30)25(28)18-8-6-10-20(32-4)16(18)2;;/h6,8,10,15,21,25H,5,7,9,11-14H2,1-4H3,(H2,26,30);1H;1H3/t15-,21+,25+;;/m0../s1. The Morgan fingerprint density at radius 2 is 1.97 bits per heavy atom. The highest BCUT2D eigenvalue weighted by Crippen LogP contribution is 2.39. The molecule has 0 bridgehead atoms. The van der Waals surface area contributed by atoms with Crippen LogP contribution in [-0.4, -0.2) is 52.9 Å². The molecular weight excluding hydrogens is 470 g/mol. The van der Waals surface area contributed by atoms with Crippen LogP contribution >= 0.6 is 12.4 Å². The molecule has 5 N–H and O–H groups in total. The first-order chi connectivity index (χ1) is 15.8. The van der Waals surface area contributed by atoms with Crippen molar-refractivity contribution in [3.63, 3.8) is 0 Å². The predicted octanol–water partition coefficient (Wildman–Crippen LogP) is 3.38. The molecule has 0 unspecified atom stereocenters. The SMILES string of the molecule is COc1cccc([C@@H]2[C@H](OCC(N)=O)CCN2C(=O)Cn2nc3c(c2C)CCC[C@@H]3C)c1C.Cl.N. The lowest BCUT2D eigenvalue weighted by molar-refractivity contribution is -0.135. The molecule has 2 heterocycles. The molecule has 0 saturated carbocycles. The minimum atomic E-state index is -0.521. The van der Waals surface area contributed by atoms with Gasteiger partial charge in [0.25, 0.3) is 0 Å². The van der Waals surface area contributed by atoms with E-state index in [0.717, 1.165) is 47.5 Å². The molecular formula is C25H38ClN5O4. The molecule has 1 aliphatic heterocycles. The fourth-order valence-corrected chi connectivity index (χ4v) is 5.35. The summed E-state index contributed by atoms with van der Waals surface area (Å²) in [6.45, 7) is 6.80. The second-order valence-electron chi connectivity index (χ2n) is 9.21. The molecule has 9 nitrogen and oxygen atoms in total. The minimum Gasteiger partial charge on any atom is -0.496 e. The van der Waals surface area contributed by atoms with Crippen LogP contribution in [0.15, 0.2) is 18.2 Å². The Bertz CT molecular complexity index is 1060. The number of rotatable bonds is 7. The molecule has 1 aromatic carbocycles. The van der Waals surface area contributed by atoms with Crippen molar-refractivity contribution in [3.05, 3.63) is 46.3 Å². The number of fused-ring (bicyclic) bond motifs is 1. The minimum absolute atomic E-state index is 0. The van der Waals surface area contributed by atoms with E-state index in [1.54, 1.807) is 7.11 Å². The summed E-state index contributed by atoms with van der Waals surface area (Å²) in [5.74, 6) is 0.648. The van der Waals surface area contributed by atoms with Crippen molar-refractivity contribution >= 4 is 24.2 Å². The average molecular weight is 508 g/mol. The van der Waals surface area contributed by atoms with Crippen molar-refractivity contribution in [3.8, 4) is 5.75 Å². The first-order valence-electron chi connectivity index (χ1n) is 11.7. The van der Waals surface area contributed by atoms with Crippen molar-refractivity contribution in [1.29, 1.82) is 0 Å². The zero-order valence-corrected chi connectivity index (χ0v) is 21.9. The van der Waals surface area contributed by atoms with Crippen LogP contribution in [0.5, 0.6) is 5.75 Å². The Balaban J connectivity index is 0.00000216. The van der Waals surface area contributed by atoms with Gasteiger partial charge in [-0.15, -0.1) is 12.4 Å². The number of aromatic nitrogens is 2. The summed E-state index contributed by atoms with van der Waals surface area (Å²) in [7, 11) is 1.63. The van der Waals surface area contributed by atoms with Gasteiger partial charge in [0.05, 0.1) is 24.9 Å². The number of likely N-dealkylation sites (tertiary alicyclic amines) is 1. The van der Waals surface area contributed by atoms with Crippen LogP contribution in [0.3, 0.4) is 0 Å². The Hall–Kier alpha value is -2.62. The molecule has 194 valence electrons. The highest BCUT2D eigenvalue weighted by atomic mass is 35.5. The van der Waals surface area contributed by atoms with Crippen molar-refractivity contribution < 1.29 is 19.1 Å². The highest BCUT2D eigenvalue weighted by molar-refractivity contribution is 5.85. The van der Waals surface area contributed by atoms with Gasteiger partial charge < -0.3 is 26.3 Å². The van der Waals surface area contributed by atoms with Crippen LogP contribution in [0.25, 0.3) is 0 Å². The maximum Gasteiger partial charge on any atom is 0.244 e. The molecule has 0 spiro atoms. The molecule has 4 rings (SSSR count). The Labute approximate surface area is 213 Å². The topological polar surface area (TPSA) is 135 Å². The summed E-state index contributed by atoms with van der Waals surface area (Å²) in [6, 6.07) is 5.49. The van der Waals surface area contributed by atoms with Crippen molar-refractivity contribution in [2.24, 2.45) is 5.73 Å². The largest absolute Gasteiger partial charge is 0.496 e. The number of ether oxygens (including phenoxy) is 2. The summed E-state index contributed by atoms with van der Waals surface area (Å²) in [4.78, 5) is 26.8. The van der Waals surface area contributed by atoms with Crippen molar-refractivity contribution in [2.45, 2.75) is 71.1 Å². The lowest BCUT2D eigenvalue weighted by Crippen LogP contribution is -2.37. The van der Waals surface area contributed by atoms with Gasteiger partial charge in [-0.25, -0.2) is 0 Å². The number of benzene rings is 1. The molecule has 0 radical (unpaired) electrons. The molecule has 1 fully saturated rings. The smallest absolute Gasteiger partial charge is 0.244 e. The number of halogens is 1. The van der Waals surface area contributed by atoms with Crippen LogP contribution in [0, 0.1) is 13.8 Å². The van der Waals surface area contributed by atoms with Gasteiger partial charge in [0.1, 0.15) is 18.9 Å². The van der Waals surface area contributed by atoms with Gasteiger partial charge in [0.2, 0.25) is 11.8 Å². The summed E-state index contributed by atoms with van der Waals surface area (Å²) in [5, 5.41) is 4.82. The molecule has 2 aliphatic rings. The van der Waals surface area contributed by atoms with Gasteiger partial charge >= 0.3 is 0 Å². The van der Waals surface area contributed by atoms with Crippen molar-refractivity contribution in [1.82, 2.24) is 20.8 Å². The molecule has 10 heteroatoms. The number of nitrogens with zero attached hydrogens (tertiary/aromatic N) is 3. The van der Waals surface area contributed by atoms with E-state index in [1.807, 2.05) is 34.7 Å². The molecule has 35 heavy (non-hydrogen) atoms. The molecule has 2 aromatic rings. The summed E-state index contributed by atoms with van der Waals surface area (Å²) < 4.78 is 13.2. The quantitative estimate of drug-likeness (QED) is 0.589. The van der Waals surface area contributed by atoms with E-state index in [0.29, 0.717) is 18.9 Å². The van der Waals surface area contributed by atoms with Gasteiger partial charge in [-0.2, -0.15) is 5.10 Å². The van der Waals surface area contributed by atoms with E-state index in [4.69, 9.17) is 20.3 Å². The van der Waals surface area contributed by atoms with E-state index in [2.05, 4.69) is 13.8 Å². The van der Waals surface area contributed by atoms with Gasteiger partial charge in [-0.3, -0.25) is 14.3 Å². The normalized spacial score (nSPS) is 21.0. The molecule has 3 atom stereocenters. The Kier molecular flexibility index (Phi) is 9.71. The molecule has 1 aliphatic carbocycles. The maximum absolute atomic E-state index is 13.6. The third kappa shape index (κ3) is 5.63. The number of carbonyl (C=O) groups excluding carboxylic acids is 2. The molecule has 2 amide bonds. The van der Waals surface area contributed by atoms with E-state index < -0.39 is 5.91 Å². The monoisotopic (exact) mass is 507 g/mol. The molecule has 1 aromatic heterocycles. The molecule has 1 saturated heterocycles. The van der Waals surface area contributed by atoms with Crippen LogP contribution < -0.4 is 16.6 Å². The van der Waals surface area contributed by atoms with E-state index in [9.17, 15) is 9.59 Å². The lowest BCUT2D eigenvalue weighted by atomic mass is 9.88. The summed E-state index contributed by atoms with van der Waals surface area (Å²) in [6.07, 6.45) is 3.64. The number of nitrogens with two attached hydrogens (primary N) is 1. The Morgan fingerprint density at radius 3 is 2.63 bits per heavy atom. The van der Waals surface area contributed by atoms with E-state index in [-0.39, 0.29) is 49.8 Å². The number of carbonyl (C=O) groups is 2. The zero-order chi connectivity index (χ0) is 23.7. The number of hydrogen-bond donors (Lipinski definition) is 2. The summed E-state index contributed by atoms with van der Waals surface area (Å²) in [5.41, 5.74) is 10.8. The van der Waals surface area contributed by atoms with E-state index >= 15 is 0 Å². The van der Waals surface area contributed by atoms with Gasteiger partial charge in [-0.1, -0.05) is 19.1 Å². The van der Waals surface area contributed by atoms with Crippen LogP contribution in [0.1, 0.15) is 66.2 Å². The number of amides is 2. The predicted molar refractivity (Wildman–Crippen MR) is 136 cm³/mol. The van der Waals surface area contributed by atoms with E-state index in [1.165, 1.54) is 5.56 Å². The van der Waals surface area contributed by atoms with Gasteiger partial charge in [0.15, 0.2) is 0 Å². The lowest BCUT2D eigenvalue weighted by Gasteiger charge is -2.30. The van der Waals surface area contributed by atoms with Crippen LogP contribution in [0.4, 0.5) is 0 Å². The van der Waals surface area contributed by atoms with Crippen LogP contribution in [0.2, 0.25) is 0 Å². The zero-order valence-electron chi connectivity index (χ0n) is 21.1. The highest BCUT2D eigenvalue weighted by Gasteiger charge is 2.40. The second-order valence-corrected chi connectivity index (χ2v) is 9.21. The fourth-order valence-electron chi connectivity index (χ4n) is 5.35. The maximum atomic E-state index is 13.6. The summed E-state index contributed by atoms with van der Waals surface area (Å²) >= 11 is 0. The average Bonchev–Trinajstić information content (AvgIpc) is 3.35. The second kappa shape index (κ2) is 11.9. The fraction of sp³-hybridized carbons (Fsp3) is 0.560. The van der Waals surface area contributed by atoms with Crippen molar-refractivity contribution in [2.75, 3.05) is 20.3 Å². The number of methoxy groups -OCH3 is 1. The van der Waals surface area contributed by atoms with Gasteiger partial charge in [-0.05, 0) is 62.3 Å². The third-order valence-electron chi connectivity index (χ3n) is 7.14. The third-order valence-corrected chi connectivity index (χ3v) is 7.14. The van der Waals surface area contributed by atoms with Crippen LogP contribution in [-0.2, 0) is 27.3 Å². The first-order valence-corrected chi connectivity index (χ1v) is 11.7.